The number of piperidine rings is 1. The second-order valence-electron chi connectivity index (χ2n) is 3.30. The van der Waals surface area contributed by atoms with Crippen LogP contribution < -0.4 is 0 Å². The zero-order chi connectivity index (χ0) is 8.43. The Balaban J connectivity index is 2.46. The van der Waals surface area contributed by atoms with Gasteiger partial charge in [0.1, 0.15) is 0 Å². The number of nitrogens with zero attached hydrogens (tertiary/aromatic N) is 1. The third kappa shape index (κ3) is 1.93. The first-order valence-electron chi connectivity index (χ1n) is 4.05. The fourth-order valence-corrected chi connectivity index (χ4v) is 1.42. The smallest absolute Gasteiger partial charge is 0.219 e. The standard InChI is InChI=1S/C8H15NO2/c1-6-5-9(7(2)10)4-3-8(6)11/h6,8,11H,3-5H2,1-2H3. The maximum absolute atomic E-state index is 10.9. The van der Waals surface area contributed by atoms with Gasteiger partial charge in [-0.1, -0.05) is 6.92 Å². The van der Waals surface area contributed by atoms with Crippen molar-refractivity contribution in [1.82, 2.24) is 4.90 Å². The predicted octanol–water partition coefficient (Wildman–Crippen LogP) is 0.236. The van der Waals surface area contributed by atoms with Crippen molar-refractivity contribution in [2.24, 2.45) is 5.92 Å². The van der Waals surface area contributed by atoms with Gasteiger partial charge in [-0.15, -0.1) is 0 Å². The molecule has 2 unspecified atom stereocenters. The van der Waals surface area contributed by atoms with Gasteiger partial charge in [-0.25, -0.2) is 0 Å². The fourth-order valence-electron chi connectivity index (χ4n) is 1.42. The molecule has 1 fully saturated rings. The van der Waals surface area contributed by atoms with Crippen molar-refractivity contribution >= 4 is 5.91 Å². The first-order chi connectivity index (χ1) is 5.11. The summed E-state index contributed by atoms with van der Waals surface area (Å²) < 4.78 is 0. The van der Waals surface area contributed by atoms with Crippen molar-refractivity contribution in [1.29, 1.82) is 0 Å². The van der Waals surface area contributed by atoms with E-state index in [1.807, 2.05) is 6.92 Å². The molecule has 0 aliphatic carbocycles. The fraction of sp³-hybridized carbons (Fsp3) is 0.875. The van der Waals surface area contributed by atoms with Crippen LogP contribution >= 0.6 is 0 Å². The Morgan fingerprint density at radius 2 is 2.27 bits per heavy atom. The maximum Gasteiger partial charge on any atom is 0.219 e. The monoisotopic (exact) mass is 157 g/mol. The first-order valence-corrected chi connectivity index (χ1v) is 4.05. The molecule has 0 radical (unpaired) electrons. The van der Waals surface area contributed by atoms with Crippen molar-refractivity contribution in [3.05, 3.63) is 0 Å². The summed E-state index contributed by atoms with van der Waals surface area (Å²) in [6, 6.07) is 0. The van der Waals surface area contributed by atoms with Gasteiger partial charge in [0.15, 0.2) is 0 Å². The van der Waals surface area contributed by atoms with E-state index in [-0.39, 0.29) is 17.9 Å². The molecule has 0 saturated carbocycles. The van der Waals surface area contributed by atoms with Crippen molar-refractivity contribution in [2.75, 3.05) is 13.1 Å². The summed E-state index contributed by atoms with van der Waals surface area (Å²) in [6.45, 7) is 4.96. The molecular weight excluding hydrogens is 142 g/mol. The number of aliphatic hydroxyl groups excluding tert-OH is 1. The van der Waals surface area contributed by atoms with Crippen LogP contribution in [0.25, 0.3) is 0 Å². The molecule has 1 saturated heterocycles. The minimum atomic E-state index is -0.217. The van der Waals surface area contributed by atoms with Crippen molar-refractivity contribution in [3.8, 4) is 0 Å². The molecule has 1 aliphatic heterocycles. The van der Waals surface area contributed by atoms with Gasteiger partial charge < -0.3 is 10.0 Å². The number of hydrogen-bond acceptors (Lipinski definition) is 2. The Labute approximate surface area is 67.0 Å². The van der Waals surface area contributed by atoms with E-state index in [9.17, 15) is 9.90 Å². The van der Waals surface area contributed by atoms with Crippen molar-refractivity contribution < 1.29 is 9.90 Å². The molecule has 0 aromatic carbocycles. The number of hydrogen-bond donors (Lipinski definition) is 1. The van der Waals surface area contributed by atoms with Gasteiger partial charge in [0.2, 0.25) is 5.91 Å². The van der Waals surface area contributed by atoms with Gasteiger partial charge in [-0.2, -0.15) is 0 Å². The van der Waals surface area contributed by atoms with E-state index in [2.05, 4.69) is 0 Å². The number of carbonyl (C=O) groups excluding carboxylic acids is 1. The van der Waals surface area contributed by atoms with Gasteiger partial charge in [-0.3, -0.25) is 4.79 Å². The minimum absolute atomic E-state index is 0.115. The normalized spacial score (nSPS) is 32.1. The third-order valence-electron chi connectivity index (χ3n) is 2.31. The highest BCUT2D eigenvalue weighted by Gasteiger charge is 2.24. The summed E-state index contributed by atoms with van der Waals surface area (Å²) in [6.07, 6.45) is 0.506. The van der Waals surface area contributed by atoms with Crippen LogP contribution in [0, 0.1) is 5.92 Å². The highest BCUT2D eigenvalue weighted by Crippen LogP contribution is 2.15. The van der Waals surface area contributed by atoms with E-state index in [0.717, 1.165) is 6.42 Å². The Hall–Kier alpha value is -0.570. The van der Waals surface area contributed by atoms with E-state index in [4.69, 9.17) is 0 Å². The molecule has 11 heavy (non-hydrogen) atoms. The van der Waals surface area contributed by atoms with Crippen LogP contribution in [0.3, 0.4) is 0 Å². The molecule has 0 bridgehead atoms. The molecular formula is C8H15NO2. The summed E-state index contributed by atoms with van der Waals surface area (Å²) in [4.78, 5) is 12.7. The Morgan fingerprint density at radius 1 is 1.64 bits per heavy atom. The Morgan fingerprint density at radius 3 is 2.73 bits per heavy atom. The van der Waals surface area contributed by atoms with Crippen LogP contribution in [0.1, 0.15) is 20.3 Å². The lowest BCUT2D eigenvalue weighted by Crippen LogP contribution is -2.43. The Kier molecular flexibility index (Phi) is 2.49. The van der Waals surface area contributed by atoms with Crippen LogP contribution in [0.15, 0.2) is 0 Å². The number of carbonyl (C=O) groups is 1. The zero-order valence-corrected chi connectivity index (χ0v) is 7.08. The van der Waals surface area contributed by atoms with E-state index in [1.165, 1.54) is 0 Å². The maximum atomic E-state index is 10.9. The van der Waals surface area contributed by atoms with Crippen LogP contribution in [0.2, 0.25) is 0 Å². The summed E-state index contributed by atoms with van der Waals surface area (Å²) in [5.41, 5.74) is 0. The highest BCUT2D eigenvalue weighted by molar-refractivity contribution is 5.73. The lowest BCUT2D eigenvalue weighted by molar-refractivity contribution is -0.132. The van der Waals surface area contributed by atoms with E-state index < -0.39 is 0 Å². The second kappa shape index (κ2) is 3.22. The molecule has 3 heteroatoms. The summed E-state index contributed by atoms with van der Waals surface area (Å²) >= 11 is 0. The van der Waals surface area contributed by atoms with Crippen LogP contribution in [0.5, 0.6) is 0 Å². The van der Waals surface area contributed by atoms with Gasteiger partial charge in [-0.05, 0) is 12.3 Å². The number of likely N-dealkylation sites (tertiary alicyclic amines) is 1. The summed E-state index contributed by atoms with van der Waals surface area (Å²) in [5, 5.41) is 9.34. The average molecular weight is 157 g/mol. The molecule has 0 aromatic rings. The third-order valence-corrected chi connectivity index (χ3v) is 2.31. The van der Waals surface area contributed by atoms with Gasteiger partial charge in [0, 0.05) is 20.0 Å². The van der Waals surface area contributed by atoms with E-state index in [1.54, 1.807) is 11.8 Å². The zero-order valence-electron chi connectivity index (χ0n) is 7.08. The molecule has 2 atom stereocenters. The topological polar surface area (TPSA) is 40.5 Å². The summed E-state index contributed by atoms with van der Waals surface area (Å²) in [5.74, 6) is 0.344. The lowest BCUT2D eigenvalue weighted by atomic mass is 9.97. The molecule has 0 spiro atoms. The van der Waals surface area contributed by atoms with Crippen molar-refractivity contribution in [3.63, 3.8) is 0 Å². The molecule has 1 amide bonds. The molecule has 64 valence electrons. The predicted molar refractivity (Wildman–Crippen MR) is 42.0 cm³/mol. The molecule has 1 aliphatic rings. The number of rotatable bonds is 0. The van der Waals surface area contributed by atoms with Gasteiger partial charge in [0.25, 0.3) is 0 Å². The van der Waals surface area contributed by atoms with Gasteiger partial charge >= 0.3 is 0 Å². The first kappa shape index (κ1) is 8.53. The summed E-state index contributed by atoms with van der Waals surface area (Å²) in [7, 11) is 0. The molecule has 3 nitrogen and oxygen atoms in total. The molecule has 1 rings (SSSR count). The van der Waals surface area contributed by atoms with Crippen LogP contribution in [-0.2, 0) is 4.79 Å². The Bertz CT molecular complexity index is 158. The quantitative estimate of drug-likeness (QED) is 0.547. The average Bonchev–Trinajstić information content (AvgIpc) is 1.94. The number of amides is 1. The number of aliphatic hydroxyl groups is 1. The largest absolute Gasteiger partial charge is 0.393 e. The molecule has 1 heterocycles. The molecule has 0 aromatic heterocycles. The van der Waals surface area contributed by atoms with E-state index >= 15 is 0 Å². The van der Waals surface area contributed by atoms with E-state index in [0.29, 0.717) is 13.1 Å². The SMILES string of the molecule is CC(=O)N1CCC(O)C(C)C1. The minimum Gasteiger partial charge on any atom is -0.393 e. The van der Waals surface area contributed by atoms with Gasteiger partial charge in [0.05, 0.1) is 6.10 Å². The van der Waals surface area contributed by atoms with Crippen LogP contribution in [-0.4, -0.2) is 35.1 Å². The van der Waals surface area contributed by atoms with Crippen LogP contribution in [0.4, 0.5) is 0 Å². The lowest BCUT2D eigenvalue weighted by Gasteiger charge is -2.33. The van der Waals surface area contributed by atoms with Crippen molar-refractivity contribution in [2.45, 2.75) is 26.4 Å². The highest BCUT2D eigenvalue weighted by atomic mass is 16.3. The molecule has 1 N–H and O–H groups in total. The second-order valence-corrected chi connectivity index (χ2v) is 3.30.